The Morgan fingerprint density at radius 2 is 1.44 bits per heavy atom. The van der Waals surface area contributed by atoms with E-state index in [4.69, 9.17) is 24.3 Å². The lowest BCUT2D eigenvalue weighted by molar-refractivity contribution is -0.161. The second-order valence-electron chi connectivity index (χ2n) is 9.26. The molecule has 0 aromatic heterocycles. The molecule has 41 heavy (non-hydrogen) atoms. The summed E-state index contributed by atoms with van der Waals surface area (Å²) in [5, 5.41) is 0. The Balaban J connectivity index is 4.44. The Morgan fingerprint density at radius 3 is 2.17 bits per heavy atom. The standard InChI is InChI=1S/C31H52NO8P/c1-3-5-7-9-11-12-13-14-15-16-18-20-22-24-31(34)40-29(28-39-41(35,36)38-26-25-32)27-37-30(33)23-21-19-17-10-8-6-4-2/h5-9,11-13,17,19,29H,3-4,10,14-16,18,20-28,32H2,1-2H3,(H,35,36)/b7-5+,8-6+,11-9+,13-12+,19-17+. The van der Waals surface area contributed by atoms with Crippen LogP contribution in [-0.4, -0.2) is 49.3 Å². The van der Waals surface area contributed by atoms with Crippen LogP contribution < -0.4 is 5.73 Å². The van der Waals surface area contributed by atoms with E-state index in [-0.39, 0.29) is 32.6 Å². The molecule has 0 aliphatic rings. The third kappa shape index (κ3) is 27.6. The van der Waals surface area contributed by atoms with E-state index in [1.165, 1.54) is 0 Å². The number of carbonyl (C=O) groups is 2. The molecule has 0 aromatic rings. The average molecular weight is 598 g/mol. The Morgan fingerprint density at radius 1 is 0.756 bits per heavy atom. The lowest BCUT2D eigenvalue weighted by Gasteiger charge is -2.19. The van der Waals surface area contributed by atoms with Gasteiger partial charge in [-0.1, -0.05) is 93.9 Å². The second-order valence-corrected chi connectivity index (χ2v) is 10.7. The summed E-state index contributed by atoms with van der Waals surface area (Å²) in [7, 11) is -4.38. The maximum Gasteiger partial charge on any atom is 0.472 e. The normalized spacial score (nSPS) is 14.5. The van der Waals surface area contributed by atoms with E-state index in [0.29, 0.717) is 12.8 Å². The SMILES string of the molecule is CC/C=C/C=C/C=C/CCCCCCCC(=O)OC(COC(=O)CC/C=C/C/C=C/CC)COP(=O)(O)OCCN. The van der Waals surface area contributed by atoms with Crippen LogP contribution in [0, 0.1) is 0 Å². The summed E-state index contributed by atoms with van der Waals surface area (Å²) < 4.78 is 32.2. The van der Waals surface area contributed by atoms with Crippen molar-refractivity contribution in [3.05, 3.63) is 60.8 Å². The molecule has 0 heterocycles. The third-order valence-corrected chi connectivity index (χ3v) is 6.46. The summed E-state index contributed by atoms with van der Waals surface area (Å²) in [5.41, 5.74) is 5.29. The number of hydrogen-bond acceptors (Lipinski definition) is 8. The van der Waals surface area contributed by atoms with Crippen LogP contribution in [0.4, 0.5) is 0 Å². The first-order chi connectivity index (χ1) is 19.8. The summed E-state index contributed by atoms with van der Waals surface area (Å²) >= 11 is 0. The first-order valence-corrected chi connectivity index (χ1v) is 16.3. The number of phosphoric acid groups is 1. The fourth-order valence-corrected chi connectivity index (χ4v) is 4.10. The number of phosphoric ester groups is 1. The van der Waals surface area contributed by atoms with Gasteiger partial charge in [0.25, 0.3) is 0 Å². The number of ether oxygens (including phenoxy) is 2. The van der Waals surface area contributed by atoms with Crippen molar-refractivity contribution in [1.29, 1.82) is 0 Å². The number of allylic oxidation sites excluding steroid dienone is 10. The van der Waals surface area contributed by atoms with Gasteiger partial charge in [0.05, 0.1) is 13.2 Å². The van der Waals surface area contributed by atoms with Gasteiger partial charge in [0.2, 0.25) is 0 Å². The van der Waals surface area contributed by atoms with Crippen LogP contribution in [0.5, 0.6) is 0 Å². The summed E-state index contributed by atoms with van der Waals surface area (Å²) in [6, 6.07) is 0. The quantitative estimate of drug-likeness (QED) is 0.0354. The predicted octanol–water partition coefficient (Wildman–Crippen LogP) is 7.04. The smallest absolute Gasteiger partial charge is 0.462 e. The highest BCUT2D eigenvalue weighted by Gasteiger charge is 2.25. The topological polar surface area (TPSA) is 134 Å². The minimum Gasteiger partial charge on any atom is -0.462 e. The molecule has 2 unspecified atom stereocenters. The number of esters is 2. The zero-order valence-corrected chi connectivity index (χ0v) is 25.9. The average Bonchev–Trinajstić information content (AvgIpc) is 2.95. The lowest BCUT2D eigenvalue weighted by Crippen LogP contribution is -2.29. The zero-order valence-electron chi connectivity index (χ0n) is 25.0. The molecule has 0 aliphatic heterocycles. The van der Waals surface area contributed by atoms with Gasteiger partial charge in [-0.05, 0) is 44.9 Å². The summed E-state index contributed by atoms with van der Waals surface area (Å²) in [5.74, 6) is -0.953. The van der Waals surface area contributed by atoms with Gasteiger partial charge in [-0.15, -0.1) is 0 Å². The van der Waals surface area contributed by atoms with Crippen LogP contribution >= 0.6 is 7.82 Å². The van der Waals surface area contributed by atoms with Crippen molar-refractivity contribution >= 4 is 19.8 Å². The molecule has 0 aliphatic carbocycles. The largest absolute Gasteiger partial charge is 0.472 e. The minimum atomic E-state index is -4.38. The summed E-state index contributed by atoms with van der Waals surface area (Å²) in [6.45, 7) is 3.29. The molecule has 0 spiro atoms. The summed E-state index contributed by atoms with van der Waals surface area (Å²) in [4.78, 5) is 34.2. The van der Waals surface area contributed by atoms with Crippen LogP contribution in [-0.2, 0) is 32.7 Å². The molecule has 0 fully saturated rings. The van der Waals surface area contributed by atoms with Crippen molar-refractivity contribution in [3.8, 4) is 0 Å². The summed E-state index contributed by atoms with van der Waals surface area (Å²) in [6.07, 6.45) is 28.8. The maximum atomic E-state index is 12.4. The molecule has 3 N–H and O–H groups in total. The number of hydrogen-bond donors (Lipinski definition) is 2. The fraction of sp³-hybridized carbons (Fsp3) is 0.613. The van der Waals surface area contributed by atoms with Gasteiger partial charge in [0, 0.05) is 19.4 Å². The number of nitrogens with two attached hydrogens (primary N) is 1. The van der Waals surface area contributed by atoms with Crippen LogP contribution in [0.2, 0.25) is 0 Å². The van der Waals surface area contributed by atoms with Crippen LogP contribution in [0.3, 0.4) is 0 Å². The van der Waals surface area contributed by atoms with Gasteiger partial charge in [-0.2, -0.15) is 0 Å². The van der Waals surface area contributed by atoms with Crippen LogP contribution in [0.15, 0.2) is 60.8 Å². The molecule has 0 bridgehead atoms. The zero-order chi connectivity index (χ0) is 30.4. The molecular weight excluding hydrogens is 545 g/mol. The second kappa shape index (κ2) is 27.9. The van der Waals surface area contributed by atoms with Gasteiger partial charge in [0.15, 0.2) is 6.10 Å². The van der Waals surface area contributed by atoms with E-state index < -0.39 is 32.5 Å². The molecule has 9 nitrogen and oxygen atoms in total. The predicted molar refractivity (Wildman–Crippen MR) is 164 cm³/mol. The fourth-order valence-electron chi connectivity index (χ4n) is 3.34. The minimum absolute atomic E-state index is 0.0399. The molecule has 0 rings (SSSR count). The van der Waals surface area contributed by atoms with Gasteiger partial charge in [0.1, 0.15) is 6.61 Å². The van der Waals surface area contributed by atoms with Gasteiger partial charge in [-0.25, -0.2) is 4.57 Å². The van der Waals surface area contributed by atoms with Crippen LogP contribution in [0.25, 0.3) is 0 Å². The molecule has 10 heteroatoms. The highest BCUT2D eigenvalue weighted by Crippen LogP contribution is 2.43. The van der Waals surface area contributed by atoms with E-state index in [1.54, 1.807) is 0 Å². The first kappa shape index (κ1) is 38.7. The van der Waals surface area contributed by atoms with Gasteiger partial charge in [-0.3, -0.25) is 18.6 Å². The van der Waals surface area contributed by atoms with Crippen molar-refractivity contribution in [2.24, 2.45) is 5.73 Å². The van der Waals surface area contributed by atoms with E-state index >= 15 is 0 Å². The Kier molecular flexibility index (Phi) is 26.3. The van der Waals surface area contributed by atoms with Crippen molar-refractivity contribution < 1.29 is 37.6 Å². The van der Waals surface area contributed by atoms with Crippen molar-refractivity contribution in [2.75, 3.05) is 26.4 Å². The number of unbranched alkanes of at least 4 members (excludes halogenated alkanes) is 5. The van der Waals surface area contributed by atoms with E-state index in [2.05, 4.69) is 44.2 Å². The van der Waals surface area contributed by atoms with E-state index in [0.717, 1.165) is 51.4 Å². The Bertz CT molecular complexity index is 866. The molecular formula is C31H52NO8P. The highest BCUT2D eigenvalue weighted by molar-refractivity contribution is 7.47. The van der Waals surface area contributed by atoms with Gasteiger partial charge < -0.3 is 20.1 Å². The monoisotopic (exact) mass is 597 g/mol. The lowest BCUT2D eigenvalue weighted by atomic mass is 10.1. The molecule has 0 aromatic carbocycles. The Hall–Kier alpha value is -2.29. The molecule has 0 amide bonds. The molecule has 0 saturated carbocycles. The third-order valence-electron chi connectivity index (χ3n) is 5.47. The Labute approximate surface area is 247 Å². The first-order valence-electron chi connectivity index (χ1n) is 14.8. The number of carbonyl (C=O) groups excluding carboxylic acids is 2. The van der Waals surface area contributed by atoms with Crippen molar-refractivity contribution in [3.63, 3.8) is 0 Å². The molecule has 0 saturated heterocycles. The maximum absolute atomic E-state index is 12.4. The van der Waals surface area contributed by atoms with Gasteiger partial charge >= 0.3 is 19.8 Å². The van der Waals surface area contributed by atoms with Crippen molar-refractivity contribution in [2.45, 2.75) is 97.0 Å². The molecule has 2 atom stereocenters. The van der Waals surface area contributed by atoms with E-state index in [9.17, 15) is 19.0 Å². The van der Waals surface area contributed by atoms with Crippen LogP contribution in [0.1, 0.15) is 90.9 Å². The number of rotatable bonds is 26. The highest BCUT2D eigenvalue weighted by atomic mass is 31.2. The van der Waals surface area contributed by atoms with Crippen molar-refractivity contribution in [1.82, 2.24) is 0 Å². The molecule has 234 valence electrons. The van der Waals surface area contributed by atoms with E-state index in [1.807, 2.05) is 30.4 Å². The molecule has 0 radical (unpaired) electrons.